The molecule has 0 radical (unpaired) electrons. The van der Waals surface area contributed by atoms with E-state index in [4.69, 9.17) is 75.7 Å². The number of carbonyl (C=O) groups excluding carboxylic acids is 8. The summed E-state index contributed by atoms with van der Waals surface area (Å²) in [4.78, 5) is 112. The molecule has 708 valence electrons. The molecule has 8 amide bonds. The van der Waals surface area contributed by atoms with Gasteiger partial charge in [-0.1, -0.05) is 88.7 Å². The molecular formula is C106H96Cl5F3N12O12. The zero-order chi connectivity index (χ0) is 96.5. The van der Waals surface area contributed by atoms with Crippen LogP contribution in [-0.4, -0.2) is 184 Å². The summed E-state index contributed by atoms with van der Waals surface area (Å²) in [6.07, 6.45) is 16.6. The van der Waals surface area contributed by atoms with Gasteiger partial charge in [-0.2, -0.15) is 0 Å². The summed E-state index contributed by atoms with van der Waals surface area (Å²) in [5.41, 5.74) is 9.85. The Bertz CT molecular complexity index is 6670. The van der Waals surface area contributed by atoms with Gasteiger partial charge in [0.25, 0.3) is 47.3 Å². The fourth-order valence-electron chi connectivity index (χ4n) is 17.9. The van der Waals surface area contributed by atoms with Gasteiger partial charge >= 0.3 is 0 Å². The van der Waals surface area contributed by atoms with Crippen LogP contribution < -0.4 is 37.2 Å². The number of hydrogen-bond donors (Lipinski definition) is 7. The molecule has 0 bridgehead atoms. The van der Waals surface area contributed by atoms with Crippen molar-refractivity contribution < 1.29 is 69.2 Å². The van der Waals surface area contributed by atoms with Gasteiger partial charge in [-0.25, -0.2) is 13.2 Å². The topological polar surface area (TPSA) is 290 Å². The molecular weight excluding hydrogens is 1870 g/mol. The van der Waals surface area contributed by atoms with Crippen LogP contribution in [0.2, 0.25) is 25.1 Å². The molecule has 4 aromatic heterocycles. The number of halogens is 8. The van der Waals surface area contributed by atoms with E-state index < -0.39 is 23.4 Å². The van der Waals surface area contributed by atoms with Crippen LogP contribution in [0.15, 0.2) is 212 Å². The number of piperidine rings is 2. The van der Waals surface area contributed by atoms with Crippen LogP contribution >= 0.6 is 58.0 Å². The second-order valence-corrected chi connectivity index (χ2v) is 36.8. The summed E-state index contributed by atoms with van der Waals surface area (Å²) in [6.45, 7) is 10.2. The SMILES string of the molecule is CN(C)C1CCN(C(=O)c2ccc(Cl)c(-c3ccc(/C=C4/C(=O)Nc5ccc(F)cc54)o3)c2)CC1.CN1CCCCC1CNC(=O)c1ccc(Cl)c(-c2ccc(/C=C3/C(=O)Nc4ccc(F)cc43)o2)c1.O=C1Nc2c(Cl)cccc2/C1=C\c1ccc(-c2ccc(Cl)c(C(=O)NCCN3CCCC3)c2)o1.O=C1Nc2c(F)cccc2/C1=C\c1ccc(-c2ccc(Cl)c(C(=O)NCCN3CCCC3)c2)o1. The summed E-state index contributed by atoms with van der Waals surface area (Å²) in [5.74, 6) is 0.528. The monoisotopic (exact) mass is 1960 g/mol. The Morgan fingerprint density at radius 2 is 0.833 bits per heavy atom. The average Bonchev–Trinajstić information content (AvgIpc) is 1.64. The molecule has 20 rings (SSSR count). The largest absolute Gasteiger partial charge is 0.457 e. The number of nitrogens with zero attached hydrogens (tertiary/aromatic N) is 5. The van der Waals surface area contributed by atoms with Crippen molar-refractivity contribution in [3.63, 3.8) is 0 Å². The standard InChI is InChI=1S/2C27H25ClFN3O3.C26H23Cl2N3O3.C26H23ClFN3O3/c1-31(2)18-9-11-32(12-10-18)27(34)16-3-6-23(28)22(13-16)25-8-5-19(35-25)15-21-20-14-17(29)4-7-24(20)30-26(21)33;1-32-11-3-2-4-18(32)15-30-26(33)16-5-8-23(28)22(12-16)25-10-7-19(35-25)14-21-20-13-17(29)6-9-24(20)31-27(21)34;2*27-21-8-6-16(14-20(21)25(32)29-10-13-31-11-1-2-12-31)23-9-7-17(34-23)15-19-18-4-3-5-22(28)24(18)30-26(19)33/h3-8,13-15,18H,9-12H2,1-2H3,(H,30,33);5-10,12-14,18H,2-4,11,15H2,1H3,(H,30,33)(H,31,34);2*3-9,14-15H,1-2,10-13H2,(H,29,32)(H,30,33)/b21-15+;21-14+;2*19-15+. The van der Waals surface area contributed by atoms with Crippen molar-refractivity contribution in [3.8, 4) is 45.3 Å². The third-order valence-electron chi connectivity index (χ3n) is 25.4. The minimum Gasteiger partial charge on any atom is -0.457 e. The van der Waals surface area contributed by atoms with Crippen molar-refractivity contribution >= 4 is 175 Å². The highest BCUT2D eigenvalue weighted by Gasteiger charge is 2.33. The molecule has 1 atom stereocenters. The maximum absolute atomic E-state index is 14.0. The lowest BCUT2D eigenvalue weighted by Gasteiger charge is -2.35. The lowest BCUT2D eigenvalue weighted by Crippen LogP contribution is -2.44. The zero-order valence-corrected chi connectivity index (χ0v) is 79.2. The fourth-order valence-corrected chi connectivity index (χ4v) is 18.9. The predicted octanol–water partition coefficient (Wildman–Crippen LogP) is 21.5. The molecule has 7 N–H and O–H groups in total. The van der Waals surface area contributed by atoms with Gasteiger partial charge in [0.05, 0.1) is 69.9 Å². The number of hydrogen-bond acceptors (Lipinski definition) is 16. The first-order chi connectivity index (χ1) is 66.7. The molecule has 0 spiro atoms. The van der Waals surface area contributed by atoms with Crippen molar-refractivity contribution in [1.82, 2.24) is 40.4 Å². The molecule has 4 saturated heterocycles. The highest BCUT2D eigenvalue weighted by atomic mass is 35.5. The Kier molecular flexibility index (Phi) is 30.1. The number of nitrogens with one attached hydrogen (secondary N) is 7. The van der Waals surface area contributed by atoms with Crippen molar-refractivity contribution in [3.05, 3.63) is 304 Å². The Morgan fingerprint density at radius 3 is 1.33 bits per heavy atom. The second kappa shape index (κ2) is 43.2. The maximum Gasteiger partial charge on any atom is 0.256 e. The minimum absolute atomic E-state index is 0.0321. The number of carbonyl (C=O) groups is 8. The van der Waals surface area contributed by atoms with Crippen LogP contribution in [0.1, 0.15) is 145 Å². The summed E-state index contributed by atoms with van der Waals surface area (Å²) < 4.78 is 65.2. The van der Waals surface area contributed by atoms with Crippen LogP contribution in [0, 0.1) is 17.5 Å². The summed E-state index contributed by atoms with van der Waals surface area (Å²) in [7, 11) is 6.22. The molecule has 24 nitrogen and oxygen atoms in total. The van der Waals surface area contributed by atoms with E-state index in [1.165, 1.54) is 81.0 Å². The minimum atomic E-state index is -0.484. The smallest absolute Gasteiger partial charge is 0.256 e. The number of likely N-dealkylation sites (tertiary alicyclic amines) is 4. The first kappa shape index (κ1) is 96.4. The molecule has 32 heteroatoms. The molecule has 0 aliphatic carbocycles. The third-order valence-corrected chi connectivity index (χ3v) is 27.1. The zero-order valence-electron chi connectivity index (χ0n) is 75.4. The second-order valence-electron chi connectivity index (χ2n) is 34.8. The molecule has 12 heterocycles. The molecule has 138 heavy (non-hydrogen) atoms. The Hall–Kier alpha value is -13.3. The summed E-state index contributed by atoms with van der Waals surface area (Å²) in [6, 6.07) is 53.5. The van der Waals surface area contributed by atoms with Gasteiger partial charge in [-0.05, 0) is 299 Å². The highest BCUT2D eigenvalue weighted by molar-refractivity contribution is 6.42. The highest BCUT2D eigenvalue weighted by Crippen LogP contribution is 2.43. The van der Waals surface area contributed by atoms with Crippen molar-refractivity contribution in [2.75, 3.05) is 121 Å². The van der Waals surface area contributed by atoms with Gasteiger partial charge in [-0.15, -0.1) is 0 Å². The maximum atomic E-state index is 14.0. The number of benzene rings is 8. The number of rotatable bonds is 21. The van der Waals surface area contributed by atoms with Gasteiger partial charge in [0.1, 0.15) is 63.5 Å². The van der Waals surface area contributed by atoms with Gasteiger partial charge in [0, 0.05) is 125 Å². The number of amides is 8. The number of likely N-dealkylation sites (N-methyl/N-ethyl adjacent to an activating group) is 1. The third kappa shape index (κ3) is 22.4. The molecule has 8 aliphatic rings. The molecule has 0 saturated carbocycles. The first-order valence-corrected chi connectivity index (χ1v) is 47.4. The van der Waals surface area contributed by atoms with Crippen LogP contribution in [0.3, 0.4) is 0 Å². The Morgan fingerprint density at radius 1 is 0.406 bits per heavy atom. The molecule has 8 aromatic carbocycles. The van der Waals surface area contributed by atoms with E-state index in [0.717, 1.165) is 76.2 Å². The molecule has 1 unspecified atom stereocenters. The van der Waals surface area contributed by atoms with E-state index in [1.54, 1.807) is 170 Å². The number of furan rings is 4. The predicted molar refractivity (Wildman–Crippen MR) is 534 cm³/mol. The first-order valence-electron chi connectivity index (χ1n) is 45.5. The summed E-state index contributed by atoms with van der Waals surface area (Å²) in [5, 5.41) is 21.8. The van der Waals surface area contributed by atoms with E-state index in [9.17, 15) is 51.5 Å². The fraction of sp³-hybridized carbons (Fsp3) is 0.245. The summed E-state index contributed by atoms with van der Waals surface area (Å²) >= 11 is 31.7. The van der Waals surface area contributed by atoms with Gasteiger partial charge in [-0.3, -0.25) is 38.4 Å². The number of para-hydroxylation sites is 2. The van der Waals surface area contributed by atoms with Gasteiger partial charge < -0.3 is 79.4 Å². The van der Waals surface area contributed by atoms with Crippen LogP contribution in [0.25, 0.3) is 91.9 Å². The number of fused-ring (bicyclic) bond motifs is 4. The van der Waals surface area contributed by atoms with Gasteiger partial charge in [0.2, 0.25) is 0 Å². The van der Waals surface area contributed by atoms with E-state index in [2.05, 4.69) is 78.0 Å². The van der Waals surface area contributed by atoms with Crippen LogP contribution in [0.5, 0.6) is 0 Å². The Labute approximate surface area is 819 Å². The normalized spacial score (nSPS) is 17.4. The van der Waals surface area contributed by atoms with Gasteiger partial charge in [0.15, 0.2) is 0 Å². The molecule has 12 aromatic rings. The van der Waals surface area contributed by atoms with Crippen molar-refractivity contribution in [1.29, 1.82) is 0 Å². The van der Waals surface area contributed by atoms with Crippen LogP contribution in [0.4, 0.5) is 35.9 Å². The Balaban J connectivity index is 0.000000127. The lowest BCUT2D eigenvalue weighted by atomic mass is 10.0. The lowest BCUT2D eigenvalue weighted by molar-refractivity contribution is -0.111. The van der Waals surface area contributed by atoms with Crippen molar-refractivity contribution in [2.45, 2.75) is 69.9 Å². The van der Waals surface area contributed by atoms with Crippen molar-refractivity contribution in [2.24, 2.45) is 0 Å². The molecule has 8 aliphatic heterocycles. The van der Waals surface area contributed by atoms with E-state index in [-0.39, 0.29) is 47.0 Å². The molecule has 4 fully saturated rings. The van der Waals surface area contributed by atoms with E-state index in [0.29, 0.717) is 211 Å². The quantitative estimate of drug-likeness (QED) is 0.0329. The van der Waals surface area contributed by atoms with E-state index in [1.807, 2.05) is 11.0 Å². The van der Waals surface area contributed by atoms with E-state index >= 15 is 0 Å². The average molecular weight is 1960 g/mol. The number of anilines is 4. The van der Waals surface area contributed by atoms with Crippen LogP contribution in [-0.2, 0) is 19.2 Å².